The van der Waals surface area contributed by atoms with E-state index in [4.69, 9.17) is 0 Å². The molecule has 1 aromatic heterocycles. The van der Waals surface area contributed by atoms with E-state index in [9.17, 15) is 0 Å². The van der Waals surface area contributed by atoms with Crippen LogP contribution in [0.5, 0.6) is 0 Å². The molecule has 1 unspecified atom stereocenters. The van der Waals surface area contributed by atoms with Gasteiger partial charge in [-0.3, -0.25) is 0 Å². The molecule has 2 N–H and O–H groups in total. The third kappa shape index (κ3) is 3.86. The summed E-state index contributed by atoms with van der Waals surface area (Å²) in [5.74, 6) is 3.58. The van der Waals surface area contributed by atoms with Crippen LogP contribution in [0.3, 0.4) is 0 Å². The molecule has 0 radical (unpaired) electrons. The highest BCUT2D eigenvalue weighted by atomic mass is 15.1. The van der Waals surface area contributed by atoms with Gasteiger partial charge in [0.25, 0.3) is 0 Å². The molecule has 102 valence electrons. The van der Waals surface area contributed by atoms with Gasteiger partial charge in [0.15, 0.2) is 0 Å². The van der Waals surface area contributed by atoms with Gasteiger partial charge in [0, 0.05) is 25.1 Å². The molecule has 1 atom stereocenters. The predicted octanol–water partition coefficient (Wildman–Crippen LogP) is 3.49. The van der Waals surface area contributed by atoms with Gasteiger partial charge in [0.05, 0.1) is 0 Å². The average molecular weight is 250 g/mol. The lowest BCUT2D eigenvalue weighted by Crippen LogP contribution is -2.25. The number of aromatic nitrogens is 2. The summed E-state index contributed by atoms with van der Waals surface area (Å²) in [4.78, 5) is 9.06. The first-order chi connectivity index (χ1) is 8.47. The summed E-state index contributed by atoms with van der Waals surface area (Å²) in [5.41, 5.74) is 0. The second-order valence-corrected chi connectivity index (χ2v) is 5.30. The summed E-state index contributed by atoms with van der Waals surface area (Å²) in [6, 6.07) is 2.42. The number of anilines is 2. The van der Waals surface area contributed by atoms with E-state index in [1.54, 1.807) is 0 Å². The first-order valence-corrected chi connectivity index (χ1v) is 6.81. The van der Waals surface area contributed by atoms with Crippen LogP contribution in [-0.4, -0.2) is 23.1 Å². The second-order valence-electron chi connectivity index (χ2n) is 5.30. The Balaban J connectivity index is 2.97. The van der Waals surface area contributed by atoms with Crippen molar-refractivity contribution in [2.24, 2.45) is 5.92 Å². The lowest BCUT2D eigenvalue weighted by Gasteiger charge is -2.22. The van der Waals surface area contributed by atoms with Crippen molar-refractivity contribution in [2.45, 2.75) is 53.0 Å². The van der Waals surface area contributed by atoms with Crippen LogP contribution in [-0.2, 0) is 0 Å². The van der Waals surface area contributed by atoms with Crippen molar-refractivity contribution < 1.29 is 0 Å². The van der Waals surface area contributed by atoms with Gasteiger partial charge in [-0.15, -0.1) is 0 Å². The van der Waals surface area contributed by atoms with E-state index in [2.05, 4.69) is 55.2 Å². The fraction of sp³-hybridized carbons (Fsp3) is 0.714. The number of hydrogen-bond acceptors (Lipinski definition) is 4. The minimum Gasteiger partial charge on any atom is -0.373 e. The van der Waals surface area contributed by atoms with Gasteiger partial charge in [0.2, 0.25) is 0 Å². The van der Waals surface area contributed by atoms with Gasteiger partial charge in [-0.1, -0.05) is 34.6 Å². The molecule has 4 heteroatoms. The molecular weight excluding hydrogens is 224 g/mol. The highest BCUT2D eigenvalue weighted by Gasteiger charge is 2.13. The van der Waals surface area contributed by atoms with Crippen molar-refractivity contribution >= 4 is 11.6 Å². The smallest absolute Gasteiger partial charge is 0.135 e. The van der Waals surface area contributed by atoms with Gasteiger partial charge >= 0.3 is 0 Å². The Morgan fingerprint density at radius 3 is 2.17 bits per heavy atom. The maximum absolute atomic E-state index is 4.59. The van der Waals surface area contributed by atoms with E-state index in [0.717, 1.165) is 23.9 Å². The Morgan fingerprint density at radius 2 is 1.72 bits per heavy atom. The topological polar surface area (TPSA) is 49.8 Å². The average Bonchev–Trinajstić information content (AvgIpc) is 2.34. The Bertz CT molecular complexity index is 374. The number of hydrogen-bond donors (Lipinski definition) is 2. The summed E-state index contributed by atoms with van der Waals surface area (Å²) in [5, 5.41) is 6.60. The van der Waals surface area contributed by atoms with E-state index in [1.807, 2.05) is 13.1 Å². The molecule has 0 saturated heterocycles. The van der Waals surface area contributed by atoms with Crippen molar-refractivity contribution in [3.63, 3.8) is 0 Å². The van der Waals surface area contributed by atoms with E-state index in [1.165, 1.54) is 0 Å². The summed E-state index contributed by atoms with van der Waals surface area (Å²) >= 11 is 0. The van der Waals surface area contributed by atoms with E-state index >= 15 is 0 Å². The molecule has 1 aromatic rings. The van der Waals surface area contributed by atoms with Crippen molar-refractivity contribution in [1.82, 2.24) is 9.97 Å². The molecule has 1 heterocycles. The highest BCUT2D eigenvalue weighted by molar-refractivity contribution is 5.48. The lowest BCUT2D eigenvalue weighted by atomic mass is 10.0. The summed E-state index contributed by atoms with van der Waals surface area (Å²) in [7, 11) is 1.88. The Morgan fingerprint density at radius 1 is 1.11 bits per heavy atom. The van der Waals surface area contributed by atoms with Crippen molar-refractivity contribution in [2.75, 3.05) is 17.7 Å². The van der Waals surface area contributed by atoms with Gasteiger partial charge in [-0.05, 0) is 12.3 Å². The summed E-state index contributed by atoms with van der Waals surface area (Å²) < 4.78 is 0. The lowest BCUT2D eigenvalue weighted by molar-refractivity contribution is 0.509. The molecule has 0 aliphatic heterocycles. The zero-order valence-corrected chi connectivity index (χ0v) is 12.4. The van der Waals surface area contributed by atoms with Crippen LogP contribution in [0.1, 0.15) is 52.8 Å². The zero-order chi connectivity index (χ0) is 13.7. The molecule has 0 bridgehead atoms. The molecule has 4 nitrogen and oxygen atoms in total. The minimum atomic E-state index is 0.331. The Hall–Kier alpha value is -1.32. The van der Waals surface area contributed by atoms with Crippen LogP contribution in [0.15, 0.2) is 6.07 Å². The van der Waals surface area contributed by atoms with Crippen molar-refractivity contribution in [1.29, 1.82) is 0 Å². The van der Waals surface area contributed by atoms with Crippen LogP contribution in [0.2, 0.25) is 0 Å². The zero-order valence-electron chi connectivity index (χ0n) is 12.4. The van der Waals surface area contributed by atoms with E-state index < -0.39 is 0 Å². The van der Waals surface area contributed by atoms with E-state index in [-0.39, 0.29) is 0 Å². The molecule has 0 spiro atoms. The first kappa shape index (κ1) is 14.7. The summed E-state index contributed by atoms with van der Waals surface area (Å²) in [6.07, 6.45) is 1.09. The fourth-order valence-electron chi connectivity index (χ4n) is 1.86. The summed E-state index contributed by atoms with van der Waals surface area (Å²) in [6.45, 7) is 10.9. The third-order valence-electron chi connectivity index (χ3n) is 3.09. The molecule has 18 heavy (non-hydrogen) atoms. The third-order valence-corrected chi connectivity index (χ3v) is 3.09. The Labute approximate surface area is 111 Å². The van der Waals surface area contributed by atoms with Crippen molar-refractivity contribution in [3.8, 4) is 0 Å². The van der Waals surface area contributed by atoms with Gasteiger partial charge in [-0.25, -0.2) is 9.97 Å². The molecular formula is C14H26N4. The molecule has 0 amide bonds. The first-order valence-electron chi connectivity index (χ1n) is 6.81. The van der Waals surface area contributed by atoms with Crippen LogP contribution >= 0.6 is 0 Å². The Kier molecular flexibility index (Phi) is 5.38. The van der Waals surface area contributed by atoms with E-state index in [0.29, 0.717) is 17.9 Å². The van der Waals surface area contributed by atoms with Crippen molar-refractivity contribution in [3.05, 3.63) is 11.9 Å². The molecule has 0 aliphatic carbocycles. The highest BCUT2D eigenvalue weighted by Crippen LogP contribution is 2.19. The monoisotopic (exact) mass is 250 g/mol. The maximum Gasteiger partial charge on any atom is 0.135 e. The maximum atomic E-state index is 4.59. The predicted molar refractivity (Wildman–Crippen MR) is 78.2 cm³/mol. The van der Waals surface area contributed by atoms with Crippen LogP contribution in [0.4, 0.5) is 11.6 Å². The molecule has 0 saturated carbocycles. The normalized spacial score (nSPS) is 12.9. The van der Waals surface area contributed by atoms with Gasteiger partial charge < -0.3 is 10.6 Å². The molecule has 0 aromatic carbocycles. The van der Waals surface area contributed by atoms with Gasteiger partial charge in [0.1, 0.15) is 17.5 Å². The quantitative estimate of drug-likeness (QED) is 0.811. The molecule has 0 fully saturated rings. The number of rotatable bonds is 6. The fourth-order valence-corrected chi connectivity index (χ4v) is 1.86. The molecule has 1 rings (SSSR count). The van der Waals surface area contributed by atoms with Crippen LogP contribution in [0.25, 0.3) is 0 Å². The molecule has 0 aliphatic rings. The van der Waals surface area contributed by atoms with Gasteiger partial charge in [-0.2, -0.15) is 0 Å². The SMILES string of the molecule is CCC(Nc1cc(NC)nc(C(C)C)n1)C(C)C. The largest absolute Gasteiger partial charge is 0.373 e. The minimum absolute atomic E-state index is 0.331. The second kappa shape index (κ2) is 6.57. The standard InChI is InChI=1S/C14H26N4/c1-7-11(9(2)3)16-13-8-12(15-6)17-14(18-13)10(4)5/h8-11H,7H2,1-6H3,(H2,15,16,17,18). The number of nitrogens with zero attached hydrogens (tertiary/aromatic N) is 2. The number of nitrogens with one attached hydrogen (secondary N) is 2. The van der Waals surface area contributed by atoms with Crippen LogP contribution in [0, 0.1) is 5.92 Å². The van der Waals surface area contributed by atoms with Crippen LogP contribution < -0.4 is 10.6 Å².